The van der Waals surface area contributed by atoms with Gasteiger partial charge in [-0.15, -0.1) is 0 Å². The van der Waals surface area contributed by atoms with Crippen LogP contribution < -0.4 is 0 Å². The number of esters is 3. The fourth-order valence-corrected chi connectivity index (χ4v) is 8.92. The Morgan fingerprint density at radius 2 is 0.516 bits per heavy atom. The molecule has 380 valence electrons. The minimum Gasteiger partial charge on any atom is -0.462 e. The number of unbranched alkanes of at least 4 members (excludes halogenated alkanes) is 40. The van der Waals surface area contributed by atoms with Gasteiger partial charge in [-0.25, -0.2) is 0 Å². The molecule has 0 saturated heterocycles. The summed E-state index contributed by atoms with van der Waals surface area (Å²) in [6, 6.07) is 0. The van der Waals surface area contributed by atoms with Crippen LogP contribution in [0.25, 0.3) is 0 Å². The van der Waals surface area contributed by atoms with E-state index in [2.05, 4.69) is 27.7 Å². The van der Waals surface area contributed by atoms with Gasteiger partial charge in [0.25, 0.3) is 0 Å². The van der Waals surface area contributed by atoms with E-state index in [1.807, 2.05) is 0 Å². The van der Waals surface area contributed by atoms with Crippen LogP contribution in [0.1, 0.15) is 329 Å². The Kier molecular flexibility index (Phi) is 51.1. The predicted octanol–water partition coefficient (Wildman–Crippen LogP) is 19.0. The molecule has 6 heteroatoms. The van der Waals surface area contributed by atoms with E-state index in [0.717, 1.165) is 63.7 Å². The van der Waals surface area contributed by atoms with Crippen molar-refractivity contribution >= 4 is 17.9 Å². The van der Waals surface area contributed by atoms with Crippen LogP contribution >= 0.6 is 0 Å². The first kappa shape index (κ1) is 62.4. The second-order valence-electron chi connectivity index (χ2n) is 20.4. The summed E-state index contributed by atoms with van der Waals surface area (Å²) in [5.74, 6) is 0.0224. The first-order valence-electron chi connectivity index (χ1n) is 28.9. The van der Waals surface area contributed by atoms with Gasteiger partial charge in [-0.1, -0.05) is 291 Å². The summed E-state index contributed by atoms with van der Waals surface area (Å²) in [5, 5.41) is 0. The van der Waals surface area contributed by atoms with Crippen LogP contribution in [0, 0.1) is 5.92 Å². The number of carbonyl (C=O) groups is 3. The highest BCUT2D eigenvalue weighted by atomic mass is 16.6. The number of carbonyl (C=O) groups excluding carboxylic acids is 3. The molecule has 0 aromatic heterocycles. The summed E-state index contributed by atoms with van der Waals surface area (Å²) in [6.07, 6.45) is 56.7. The van der Waals surface area contributed by atoms with Crippen LogP contribution in [0.5, 0.6) is 0 Å². The number of ether oxygens (including phenoxy) is 3. The Labute approximate surface area is 399 Å². The smallest absolute Gasteiger partial charge is 0.306 e. The molecule has 1 atom stereocenters. The van der Waals surface area contributed by atoms with Crippen molar-refractivity contribution in [2.24, 2.45) is 5.92 Å². The first-order valence-corrected chi connectivity index (χ1v) is 28.9. The van der Waals surface area contributed by atoms with Gasteiger partial charge in [0.05, 0.1) is 0 Å². The maximum atomic E-state index is 12.8. The van der Waals surface area contributed by atoms with Crippen molar-refractivity contribution in [3.8, 4) is 0 Å². The second kappa shape index (κ2) is 52.4. The Hall–Kier alpha value is -1.59. The Bertz CT molecular complexity index is 964. The molecule has 0 fully saturated rings. The van der Waals surface area contributed by atoms with Crippen LogP contribution in [-0.2, 0) is 28.6 Å². The molecule has 0 bridgehead atoms. The highest BCUT2D eigenvalue weighted by molar-refractivity contribution is 5.71. The minimum absolute atomic E-state index is 0.0619. The van der Waals surface area contributed by atoms with E-state index in [1.165, 1.54) is 225 Å². The van der Waals surface area contributed by atoms with Gasteiger partial charge >= 0.3 is 17.9 Å². The Morgan fingerprint density at radius 3 is 0.766 bits per heavy atom. The molecule has 0 radical (unpaired) electrons. The van der Waals surface area contributed by atoms with Gasteiger partial charge in [0.1, 0.15) is 13.2 Å². The van der Waals surface area contributed by atoms with Crippen LogP contribution in [0.2, 0.25) is 0 Å². The summed E-state index contributed by atoms with van der Waals surface area (Å²) < 4.78 is 16.9. The average molecular weight is 906 g/mol. The van der Waals surface area contributed by atoms with Crippen molar-refractivity contribution < 1.29 is 28.6 Å². The van der Waals surface area contributed by atoms with Gasteiger partial charge in [0.2, 0.25) is 0 Å². The zero-order valence-electron chi connectivity index (χ0n) is 43.8. The van der Waals surface area contributed by atoms with Gasteiger partial charge in [-0.3, -0.25) is 14.4 Å². The minimum atomic E-state index is -0.761. The van der Waals surface area contributed by atoms with E-state index in [9.17, 15) is 14.4 Å². The molecule has 6 nitrogen and oxygen atoms in total. The van der Waals surface area contributed by atoms with Crippen molar-refractivity contribution in [3.05, 3.63) is 0 Å². The molecule has 0 saturated carbocycles. The normalized spacial score (nSPS) is 12.0. The maximum Gasteiger partial charge on any atom is 0.306 e. The van der Waals surface area contributed by atoms with Crippen molar-refractivity contribution in [2.45, 2.75) is 336 Å². The van der Waals surface area contributed by atoms with Crippen molar-refractivity contribution in [2.75, 3.05) is 13.2 Å². The Balaban J connectivity index is 4.20. The fraction of sp³-hybridized carbons (Fsp3) is 0.948. The quantitative estimate of drug-likeness (QED) is 0.0344. The third-order valence-electron chi connectivity index (χ3n) is 13.3. The van der Waals surface area contributed by atoms with Gasteiger partial charge in [-0.2, -0.15) is 0 Å². The third kappa shape index (κ3) is 51.4. The summed E-state index contributed by atoms with van der Waals surface area (Å²) >= 11 is 0. The molecule has 0 spiro atoms. The highest BCUT2D eigenvalue weighted by Gasteiger charge is 2.19. The van der Waals surface area contributed by atoms with Crippen LogP contribution in [0.4, 0.5) is 0 Å². The largest absolute Gasteiger partial charge is 0.462 e. The van der Waals surface area contributed by atoms with Crippen molar-refractivity contribution in [3.63, 3.8) is 0 Å². The number of rotatable bonds is 53. The molecule has 0 aromatic rings. The lowest BCUT2D eigenvalue weighted by Crippen LogP contribution is -2.30. The second-order valence-corrected chi connectivity index (χ2v) is 20.4. The topological polar surface area (TPSA) is 78.9 Å². The zero-order chi connectivity index (χ0) is 46.7. The molecule has 0 unspecified atom stereocenters. The number of hydrogen-bond donors (Lipinski definition) is 0. The van der Waals surface area contributed by atoms with Gasteiger partial charge < -0.3 is 14.2 Å². The molecule has 0 amide bonds. The first-order chi connectivity index (χ1) is 31.4. The van der Waals surface area contributed by atoms with Crippen LogP contribution in [0.3, 0.4) is 0 Å². The third-order valence-corrected chi connectivity index (χ3v) is 13.3. The Morgan fingerprint density at radius 1 is 0.297 bits per heavy atom. The van der Waals surface area contributed by atoms with E-state index in [4.69, 9.17) is 14.2 Å². The molecule has 0 aliphatic carbocycles. The van der Waals surface area contributed by atoms with Crippen LogP contribution in [0.15, 0.2) is 0 Å². The van der Waals surface area contributed by atoms with Gasteiger partial charge in [0, 0.05) is 19.3 Å². The predicted molar refractivity (Wildman–Crippen MR) is 275 cm³/mol. The summed E-state index contributed by atoms with van der Waals surface area (Å²) in [4.78, 5) is 38.1. The molecular formula is C58H112O6. The monoisotopic (exact) mass is 905 g/mol. The maximum absolute atomic E-state index is 12.8. The van der Waals surface area contributed by atoms with E-state index in [1.54, 1.807) is 0 Å². The lowest BCUT2D eigenvalue weighted by atomic mass is 10.0. The van der Waals surface area contributed by atoms with Crippen molar-refractivity contribution in [1.82, 2.24) is 0 Å². The van der Waals surface area contributed by atoms with E-state index in [-0.39, 0.29) is 31.1 Å². The summed E-state index contributed by atoms with van der Waals surface area (Å²) in [7, 11) is 0. The molecular weight excluding hydrogens is 793 g/mol. The lowest BCUT2D eigenvalue weighted by Gasteiger charge is -2.18. The van der Waals surface area contributed by atoms with Crippen LogP contribution in [-0.4, -0.2) is 37.2 Å². The summed E-state index contributed by atoms with van der Waals surface area (Å²) in [6.45, 7) is 9.06. The van der Waals surface area contributed by atoms with E-state index >= 15 is 0 Å². The zero-order valence-corrected chi connectivity index (χ0v) is 43.8. The molecule has 64 heavy (non-hydrogen) atoms. The van der Waals surface area contributed by atoms with E-state index in [0.29, 0.717) is 19.3 Å². The highest BCUT2D eigenvalue weighted by Crippen LogP contribution is 2.18. The molecule has 0 rings (SSSR count). The standard InChI is InChI=1S/C58H112O6/c1-5-7-9-11-13-15-17-18-26-30-33-37-41-45-49-56(59)62-52-55(64-58(61)51-47-43-39-35-28-16-14-12-10-8-6-2)53-63-57(60)50-46-42-38-34-31-27-24-22-20-19-21-23-25-29-32-36-40-44-48-54(3)4/h54-55H,5-53H2,1-4H3/t55-/m0/s1. The fourth-order valence-electron chi connectivity index (χ4n) is 8.92. The SMILES string of the molecule is CCCCCCCCCCCCCCCCC(=O)OC[C@@H](COC(=O)CCCCCCCCCCCCCCCCCCCCC(C)C)OC(=O)CCCCCCCCCCCCC. The lowest BCUT2D eigenvalue weighted by molar-refractivity contribution is -0.167. The molecule has 0 heterocycles. The van der Waals surface area contributed by atoms with Gasteiger partial charge in [0.15, 0.2) is 6.10 Å². The molecule has 0 aliphatic rings. The molecule has 0 N–H and O–H groups in total. The summed E-state index contributed by atoms with van der Waals surface area (Å²) in [5.41, 5.74) is 0. The molecule has 0 aromatic carbocycles. The number of hydrogen-bond acceptors (Lipinski definition) is 6. The van der Waals surface area contributed by atoms with E-state index < -0.39 is 6.10 Å². The van der Waals surface area contributed by atoms with Crippen molar-refractivity contribution in [1.29, 1.82) is 0 Å². The van der Waals surface area contributed by atoms with Gasteiger partial charge in [-0.05, 0) is 25.2 Å². The average Bonchev–Trinajstić information content (AvgIpc) is 3.28. The molecule has 0 aliphatic heterocycles.